The summed E-state index contributed by atoms with van der Waals surface area (Å²) < 4.78 is 18.9. The summed E-state index contributed by atoms with van der Waals surface area (Å²) in [5, 5.41) is 5.25. The number of aryl methyl sites for hydroxylation is 1. The molecule has 138 valence electrons. The van der Waals surface area contributed by atoms with Crippen LogP contribution in [-0.4, -0.2) is 23.8 Å². The van der Waals surface area contributed by atoms with E-state index in [1.54, 1.807) is 43.3 Å². The average Bonchev–Trinajstić information content (AvgIpc) is 3.02. The molecule has 3 aromatic rings. The van der Waals surface area contributed by atoms with E-state index in [1.165, 1.54) is 19.2 Å². The molecule has 0 aliphatic carbocycles. The van der Waals surface area contributed by atoms with E-state index in [4.69, 9.17) is 4.42 Å². The van der Waals surface area contributed by atoms with Crippen molar-refractivity contribution in [3.05, 3.63) is 71.4 Å². The molecule has 2 aromatic carbocycles. The van der Waals surface area contributed by atoms with Crippen molar-refractivity contribution in [2.45, 2.75) is 13.3 Å². The molecule has 0 spiro atoms. The number of amides is 2. The highest BCUT2D eigenvalue weighted by Gasteiger charge is 2.17. The van der Waals surface area contributed by atoms with Gasteiger partial charge in [-0.15, -0.1) is 0 Å². The lowest BCUT2D eigenvalue weighted by Crippen LogP contribution is -2.22. The minimum Gasteiger partial charge on any atom is -0.441 e. The Morgan fingerprint density at radius 2 is 1.93 bits per heavy atom. The number of hydrogen-bond donors (Lipinski definition) is 2. The normalized spacial score (nSPS) is 10.5. The first-order valence-corrected chi connectivity index (χ1v) is 8.31. The zero-order valence-electron chi connectivity index (χ0n) is 14.9. The summed E-state index contributed by atoms with van der Waals surface area (Å²) in [6, 6.07) is 12.6. The third-order valence-corrected chi connectivity index (χ3v) is 3.97. The Hall–Kier alpha value is -3.48. The molecule has 6 nitrogen and oxygen atoms in total. The molecule has 3 rings (SSSR count). The van der Waals surface area contributed by atoms with Crippen molar-refractivity contribution in [3.63, 3.8) is 0 Å². The third-order valence-electron chi connectivity index (χ3n) is 3.97. The minimum atomic E-state index is -0.395. The molecule has 2 N–H and O–H groups in total. The second kappa shape index (κ2) is 7.82. The number of para-hydroxylation sites is 1. The Balaban J connectivity index is 1.77. The SMILES string of the molecule is CNC(=O)c1ccccc1NC(=O)Cc1nc(-c2cccc(F)c2)oc1C. The largest absolute Gasteiger partial charge is 0.441 e. The molecule has 0 saturated heterocycles. The van der Waals surface area contributed by atoms with E-state index in [0.717, 1.165) is 0 Å². The maximum absolute atomic E-state index is 13.4. The highest BCUT2D eigenvalue weighted by molar-refractivity contribution is 6.03. The van der Waals surface area contributed by atoms with Crippen molar-refractivity contribution in [1.82, 2.24) is 10.3 Å². The van der Waals surface area contributed by atoms with Crippen LogP contribution in [-0.2, 0) is 11.2 Å². The lowest BCUT2D eigenvalue weighted by atomic mass is 10.1. The molecule has 0 fully saturated rings. The molecule has 2 amide bonds. The fraction of sp³-hybridized carbons (Fsp3) is 0.150. The monoisotopic (exact) mass is 367 g/mol. The van der Waals surface area contributed by atoms with Gasteiger partial charge in [0.25, 0.3) is 5.91 Å². The number of nitrogens with zero attached hydrogens (tertiary/aromatic N) is 1. The number of carbonyl (C=O) groups excluding carboxylic acids is 2. The highest BCUT2D eigenvalue weighted by Crippen LogP contribution is 2.23. The van der Waals surface area contributed by atoms with Gasteiger partial charge in [0.2, 0.25) is 11.8 Å². The second-order valence-electron chi connectivity index (χ2n) is 5.88. The van der Waals surface area contributed by atoms with Crippen LogP contribution in [0.15, 0.2) is 52.9 Å². The first-order valence-electron chi connectivity index (χ1n) is 8.31. The summed E-state index contributed by atoms with van der Waals surface area (Å²) in [5.41, 5.74) is 1.72. The maximum Gasteiger partial charge on any atom is 0.253 e. The predicted octanol–water partition coefficient (Wildman–Crippen LogP) is 3.33. The van der Waals surface area contributed by atoms with E-state index in [1.807, 2.05) is 0 Å². The summed E-state index contributed by atoms with van der Waals surface area (Å²) in [4.78, 5) is 28.6. The molecular weight excluding hydrogens is 349 g/mol. The molecule has 27 heavy (non-hydrogen) atoms. The van der Waals surface area contributed by atoms with Gasteiger partial charge in [0, 0.05) is 12.6 Å². The van der Waals surface area contributed by atoms with Crippen LogP contribution < -0.4 is 10.6 Å². The summed E-state index contributed by atoms with van der Waals surface area (Å²) in [6.45, 7) is 1.69. The van der Waals surface area contributed by atoms with Gasteiger partial charge in [-0.3, -0.25) is 9.59 Å². The van der Waals surface area contributed by atoms with Gasteiger partial charge in [0.1, 0.15) is 11.6 Å². The molecule has 0 radical (unpaired) electrons. The van der Waals surface area contributed by atoms with Gasteiger partial charge < -0.3 is 15.1 Å². The maximum atomic E-state index is 13.4. The Morgan fingerprint density at radius 1 is 1.15 bits per heavy atom. The van der Waals surface area contributed by atoms with Crippen molar-refractivity contribution < 1.29 is 18.4 Å². The number of rotatable bonds is 5. The van der Waals surface area contributed by atoms with E-state index in [0.29, 0.717) is 28.3 Å². The molecule has 7 heteroatoms. The summed E-state index contributed by atoms with van der Waals surface area (Å²) in [5.74, 6) is -0.302. The fourth-order valence-electron chi connectivity index (χ4n) is 2.61. The van der Waals surface area contributed by atoms with Crippen LogP contribution in [0.25, 0.3) is 11.5 Å². The highest BCUT2D eigenvalue weighted by atomic mass is 19.1. The van der Waals surface area contributed by atoms with Crippen LogP contribution >= 0.6 is 0 Å². The lowest BCUT2D eigenvalue weighted by Gasteiger charge is -2.09. The average molecular weight is 367 g/mol. The Bertz CT molecular complexity index is 998. The van der Waals surface area contributed by atoms with Crippen molar-refractivity contribution >= 4 is 17.5 Å². The van der Waals surface area contributed by atoms with E-state index in [-0.39, 0.29) is 24.1 Å². The molecule has 0 atom stereocenters. The van der Waals surface area contributed by atoms with Gasteiger partial charge in [-0.1, -0.05) is 18.2 Å². The number of aromatic nitrogens is 1. The molecule has 0 unspecified atom stereocenters. The fourth-order valence-corrected chi connectivity index (χ4v) is 2.61. The predicted molar refractivity (Wildman–Crippen MR) is 98.8 cm³/mol. The van der Waals surface area contributed by atoms with Crippen LogP contribution in [0.3, 0.4) is 0 Å². The molecular formula is C20H18FN3O3. The zero-order valence-corrected chi connectivity index (χ0v) is 14.9. The van der Waals surface area contributed by atoms with Crippen LogP contribution in [0.4, 0.5) is 10.1 Å². The first-order chi connectivity index (χ1) is 13.0. The molecule has 0 aliphatic heterocycles. The van der Waals surface area contributed by atoms with Crippen molar-refractivity contribution in [2.75, 3.05) is 12.4 Å². The van der Waals surface area contributed by atoms with Gasteiger partial charge in [0.05, 0.1) is 23.4 Å². The smallest absolute Gasteiger partial charge is 0.253 e. The molecule has 1 heterocycles. The summed E-state index contributed by atoms with van der Waals surface area (Å²) in [7, 11) is 1.52. The number of carbonyl (C=O) groups is 2. The topological polar surface area (TPSA) is 84.2 Å². The van der Waals surface area contributed by atoms with Gasteiger partial charge in [-0.25, -0.2) is 9.37 Å². The quantitative estimate of drug-likeness (QED) is 0.724. The van der Waals surface area contributed by atoms with Crippen molar-refractivity contribution in [3.8, 4) is 11.5 Å². The van der Waals surface area contributed by atoms with Crippen LogP contribution in [0.5, 0.6) is 0 Å². The Morgan fingerprint density at radius 3 is 2.67 bits per heavy atom. The van der Waals surface area contributed by atoms with Crippen LogP contribution in [0.1, 0.15) is 21.8 Å². The number of halogens is 1. The Labute approximate surface area is 155 Å². The summed E-state index contributed by atoms with van der Waals surface area (Å²) in [6.07, 6.45) is -0.0350. The lowest BCUT2D eigenvalue weighted by molar-refractivity contribution is -0.115. The number of nitrogens with one attached hydrogen (secondary N) is 2. The molecule has 0 bridgehead atoms. The number of hydrogen-bond acceptors (Lipinski definition) is 4. The zero-order chi connectivity index (χ0) is 19.4. The number of anilines is 1. The number of benzene rings is 2. The van der Waals surface area contributed by atoms with Crippen LogP contribution in [0.2, 0.25) is 0 Å². The molecule has 0 saturated carbocycles. The van der Waals surface area contributed by atoms with Gasteiger partial charge in [0.15, 0.2) is 0 Å². The van der Waals surface area contributed by atoms with E-state index in [2.05, 4.69) is 15.6 Å². The first kappa shape index (κ1) is 18.3. The van der Waals surface area contributed by atoms with Crippen LogP contribution in [0, 0.1) is 12.7 Å². The Kier molecular flexibility index (Phi) is 5.30. The number of oxazole rings is 1. The van der Waals surface area contributed by atoms with Crippen molar-refractivity contribution in [1.29, 1.82) is 0 Å². The third kappa shape index (κ3) is 4.20. The van der Waals surface area contributed by atoms with Crippen molar-refractivity contribution in [2.24, 2.45) is 0 Å². The molecule has 0 aliphatic rings. The standard InChI is InChI=1S/C20H18FN3O3/c1-12-17(24-20(27-12)13-6-5-7-14(21)10-13)11-18(25)23-16-9-4-3-8-15(16)19(26)22-2/h3-10H,11H2,1-2H3,(H,22,26)(H,23,25). The van der Waals surface area contributed by atoms with E-state index in [9.17, 15) is 14.0 Å². The van der Waals surface area contributed by atoms with Gasteiger partial charge >= 0.3 is 0 Å². The second-order valence-corrected chi connectivity index (χ2v) is 5.88. The minimum absolute atomic E-state index is 0.0350. The summed E-state index contributed by atoms with van der Waals surface area (Å²) >= 11 is 0. The van der Waals surface area contributed by atoms with E-state index >= 15 is 0 Å². The molecule has 1 aromatic heterocycles. The van der Waals surface area contributed by atoms with Gasteiger partial charge in [-0.05, 0) is 37.3 Å². The van der Waals surface area contributed by atoms with E-state index < -0.39 is 5.82 Å². The van der Waals surface area contributed by atoms with Gasteiger partial charge in [-0.2, -0.15) is 0 Å².